The number of hydrogen-bond acceptors (Lipinski definition) is 1. The number of hydrogen-bond donors (Lipinski definition) is 0. The Kier molecular flexibility index (Phi) is 16.6. The van der Waals surface area contributed by atoms with Crippen molar-refractivity contribution < 1.29 is 40.3 Å². The molecule has 4 rings (SSSR count). The summed E-state index contributed by atoms with van der Waals surface area (Å²) in [6.45, 7) is 2.00. The average molecular weight is 406 g/mol. The molecule has 2 heteroatoms. The smallest absolute Gasteiger partial charge is 0.0466 e. The van der Waals surface area contributed by atoms with Gasteiger partial charge in [0, 0.05) is 48.8 Å². The summed E-state index contributed by atoms with van der Waals surface area (Å²) in [5, 5.41) is 0. The van der Waals surface area contributed by atoms with Gasteiger partial charge in [0.2, 0.25) is 0 Å². The molecule has 0 bridgehead atoms. The Morgan fingerprint density at radius 2 is 0.905 bits per heavy atom. The first-order valence-electron chi connectivity index (χ1n) is 7.08. The fourth-order valence-electron chi connectivity index (χ4n) is 1.47. The molecule has 1 saturated heterocycles. The molecule has 1 heterocycles. The summed E-state index contributed by atoms with van der Waals surface area (Å²) in [6.07, 6.45) is 2.56. The van der Waals surface area contributed by atoms with Gasteiger partial charge < -0.3 is 35.1 Å². The van der Waals surface area contributed by atoms with Crippen LogP contribution in [0.15, 0.2) is 91.0 Å². The Balaban J connectivity index is 0.000000250. The van der Waals surface area contributed by atoms with Gasteiger partial charge in [0.25, 0.3) is 0 Å². The zero-order valence-corrected chi connectivity index (χ0v) is 16.1. The van der Waals surface area contributed by atoms with Crippen LogP contribution in [0.4, 0.5) is 0 Å². The Bertz CT molecular complexity index is 300. The first-order chi connectivity index (χ1) is 10.0. The van der Waals surface area contributed by atoms with Gasteiger partial charge in [0.15, 0.2) is 0 Å². The van der Waals surface area contributed by atoms with Gasteiger partial charge in [-0.2, -0.15) is 36.4 Å². The van der Waals surface area contributed by atoms with Gasteiger partial charge >= 0.3 is 0 Å². The van der Waals surface area contributed by atoms with E-state index in [2.05, 4.69) is 0 Å². The molecule has 0 aliphatic carbocycles. The number of ether oxygens (including phenoxy) is 1. The van der Waals surface area contributed by atoms with Crippen LogP contribution in [0, 0.1) is 35.6 Å². The van der Waals surface area contributed by atoms with Crippen molar-refractivity contribution in [3.05, 3.63) is 91.0 Å². The molecule has 3 aromatic rings. The third-order valence-corrected chi connectivity index (χ3v) is 2.49. The second kappa shape index (κ2) is 17.3. The van der Waals surface area contributed by atoms with E-state index in [-0.39, 0.29) is 35.6 Å². The van der Waals surface area contributed by atoms with E-state index in [0.717, 1.165) is 13.2 Å². The molecule has 0 spiro atoms. The van der Waals surface area contributed by atoms with Crippen LogP contribution in [-0.4, -0.2) is 13.2 Å². The quantitative estimate of drug-likeness (QED) is 0.477. The molecule has 0 unspecified atom stereocenters. The molecule has 0 N–H and O–H groups in total. The second-order valence-corrected chi connectivity index (χ2v) is 4.21. The maximum atomic E-state index is 4.94. The molecule has 0 atom stereocenters. The van der Waals surface area contributed by atoms with Crippen molar-refractivity contribution in [1.82, 2.24) is 0 Å². The molecule has 1 nitrogen and oxygen atoms in total. The van der Waals surface area contributed by atoms with Crippen LogP contribution in [0.3, 0.4) is 0 Å². The van der Waals surface area contributed by atoms with E-state index in [4.69, 9.17) is 4.74 Å². The van der Waals surface area contributed by atoms with Crippen molar-refractivity contribution in [2.75, 3.05) is 13.2 Å². The molecular formula is C19H23LaO-7. The van der Waals surface area contributed by atoms with E-state index in [9.17, 15) is 0 Å². The Morgan fingerprint density at radius 1 is 0.571 bits per heavy atom. The Morgan fingerprint density at radius 3 is 1.05 bits per heavy atom. The van der Waals surface area contributed by atoms with Crippen LogP contribution >= 0.6 is 0 Å². The van der Waals surface area contributed by atoms with Gasteiger partial charge in [-0.15, -0.1) is 0 Å². The van der Waals surface area contributed by atoms with Gasteiger partial charge in [0.1, 0.15) is 0 Å². The van der Waals surface area contributed by atoms with Crippen LogP contribution in [-0.2, 0) is 4.74 Å². The molecule has 115 valence electrons. The average Bonchev–Trinajstić information content (AvgIpc) is 3.40. The first kappa shape index (κ1) is 20.2. The predicted molar refractivity (Wildman–Crippen MR) is 86.2 cm³/mol. The topological polar surface area (TPSA) is 9.23 Å². The summed E-state index contributed by atoms with van der Waals surface area (Å²) in [4.78, 5) is 0. The summed E-state index contributed by atoms with van der Waals surface area (Å²) in [7, 11) is 0. The van der Waals surface area contributed by atoms with Crippen LogP contribution in [0.5, 0.6) is 0 Å². The summed E-state index contributed by atoms with van der Waals surface area (Å²) in [5.41, 5.74) is 0. The van der Waals surface area contributed by atoms with Crippen LogP contribution in [0.1, 0.15) is 12.8 Å². The predicted octanol–water partition coefficient (Wildman–Crippen LogP) is 5.01. The summed E-state index contributed by atoms with van der Waals surface area (Å²) < 4.78 is 4.94. The van der Waals surface area contributed by atoms with Crippen molar-refractivity contribution in [3.8, 4) is 0 Å². The monoisotopic (exact) mass is 406 g/mol. The summed E-state index contributed by atoms with van der Waals surface area (Å²) >= 11 is 0. The van der Waals surface area contributed by atoms with Gasteiger partial charge in [-0.1, -0.05) is 0 Å². The Hall–Kier alpha value is -0.795. The third-order valence-electron chi connectivity index (χ3n) is 2.49. The van der Waals surface area contributed by atoms with Gasteiger partial charge in [-0.3, -0.25) is 0 Å². The van der Waals surface area contributed by atoms with E-state index >= 15 is 0 Å². The van der Waals surface area contributed by atoms with Gasteiger partial charge in [-0.25, -0.2) is 24.3 Å². The van der Waals surface area contributed by atoms with E-state index in [1.165, 1.54) is 12.8 Å². The van der Waals surface area contributed by atoms with Crippen LogP contribution < -0.4 is 0 Å². The maximum absolute atomic E-state index is 4.94. The zero-order valence-electron chi connectivity index (χ0n) is 12.5. The SMILES string of the molecule is C1CCOC1.[La].[cH-]1[cH-][cH-][cH-][cH-]1.c1cc[cH-]c1.c1cc[cH-]c1. The number of rotatable bonds is 0. The van der Waals surface area contributed by atoms with E-state index in [1.807, 2.05) is 91.0 Å². The van der Waals surface area contributed by atoms with E-state index in [0.29, 0.717) is 0 Å². The molecule has 1 radical (unpaired) electrons. The Labute approximate surface area is 156 Å². The minimum atomic E-state index is 0. The summed E-state index contributed by atoms with van der Waals surface area (Å²) in [5.74, 6) is 0. The zero-order chi connectivity index (χ0) is 14.1. The summed E-state index contributed by atoms with van der Waals surface area (Å²) in [6, 6.07) is 30.0. The standard InChI is InChI=1S/3C5H5.C4H8O.La/c4*1-2-4-5-3-1;/h3*1-5H;1-4H2;/q-5;2*-1;;. The fourth-order valence-corrected chi connectivity index (χ4v) is 1.47. The van der Waals surface area contributed by atoms with Crippen molar-refractivity contribution in [2.45, 2.75) is 12.8 Å². The van der Waals surface area contributed by atoms with Crippen LogP contribution in [0.25, 0.3) is 0 Å². The van der Waals surface area contributed by atoms with E-state index in [1.54, 1.807) is 0 Å². The van der Waals surface area contributed by atoms with Crippen molar-refractivity contribution >= 4 is 0 Å². The molecule has 0 saturated carbocycles. The van der Waals surface area contributed by atoms with E-state index < -0.39 is 0 Å². The first-order valence-corrected chi connectivity index (χ1v) is 7.08. The molecule has 1 aliphatic rings. The van der Waals surface area contributed by atoms with Crippen molar-refractivity contribution in [3.63, 3.8) is 0 Å². The minimum absolute atomic E-state index is 0. The molecule has 3 aromatic carbocycles. The second-order valence-electron chi connectivity index (χ2n) is 4.21. The normalized spacial score (nSPS) is 11.4. The van der Waals surface area contributed by atoms with Crippen LogP contribution in [0.2, 0.25) is 0 Å². The third kappa shape index (κ3) is 15.4. The largest absolute Gasteiger partial charge is 0.748 e. The van der Waals surface area contributed by atoms with Gasteiger partial charge in [-0.05, 0) is 12.8 Å². The van der Waals surface area contributed by atoms with Crippen molar-refractivity contribution in [2.24, 2.45) is 0 Å². The minimum Gasteiger partial charge on any atom is -0.748 e. The molecule has 1 aliphatic heterocycles. The molecular weight excluding hydrogens is 383 g/mol. The fraction of sp³-hybridized carbons (Fsp3) is 0.211. The molecule has 0 amide bonds. The van der Waals surface area contributed by atoms with Crippen molar-refractivity contribution in [1.29, 1.82) is 0 Å². The molecule has 21 heavy (non-hydrogen) atoms. The molecule has 0 aromatic heterocycles. The molecule has 1 fully saturated rings. The van der Waals surface area contributed by atoms with Gasteiger partial charge in [0.05, 0.1) is 0 Å². The maximum Gasteiger partial charge on any atom is 0.0466 e.